The molecule has 7 heteroatoms. The molecule has 0 bridgehead atoms. The molecule has 7 nitrogen and oxygen atoms in total. The molecule has 2 aliphatic carbocycles. The van der Waals surface area contributed by atoms with Crippen LogP contribution in [0.3, 0.4) is 0 Å². The first-order valence-corrected chi connectivity index (χ1v) is 10.5. The van der Waals surface area contributed by atoms with Gasteiger partial charge in [0.15, 0.2) is 0 Å². The molecule has 4 N–H and O–H groups in total. The molecule has 1 saturated heterocycles. The van der Waals surface area contributed by atoms with Crippen molar-refractivity contribution in [3.63, 3.8) is 0 Å². The number of Topliss-reactive ketones (excluding diaryl/α,β-unsaturated/α-hetero) is 1. The van der Waals surface area contributed by atoms with Crippen LogP contribution in [0.5, 0.6) is 5.75 Å². The van der Waals surface area contributed by atoms with Crippen molar-refractivity contribution in [2.45, 2.75) is 62.9 Å². The van der Waals surface area contributed by atoms with E-state index >= 15 is 0 Å². The van der Waals surface area contributed by atoms with Crippen LogP contribution in [0, 0.1) is 0 Å². The molecule has 0 spiro atoms. The normalized spacial score (nSPS) is 31.9. The highest BCUT2D eigenvalue weighted by Gasteiger charge is 2.74. The topological polar surface area (TPSA) is 111 Å². The third-order valence-corrected chi connectivity index (χ3v) is 6.66. The van der Waals surface area contributed by atoms with E-state index in [1.54, 1.807) is 12.1 Å². The predicted molar refractivity (Wildman–Crippen MR) is 108 cm³/mol. The van der Waals surface area contributed by atoms with Crippen molar-refractivity contribution < 1.29 is 24.2 Å². The average Bonchev–Trinajstić information content (AvgIpc) is 3.37. The Morgan fingerprint density at radius 2 is 2.17 bits per heavy atom. The number of nitrogens with two attached hydrogens (primary N) is 1. The maximum absolute atomic E-state index is 13.8. The zero-order valence-corrected chi connectivity index (χ0v) is 17.2. The monoisotopic (exact) mass is 410 g/mol. The Bertz CT molecular complexity index is 1020. The molecule has 0 aromatic heterocycles. The fourth-order valence-corrected chi connectivity index (χ4v) is 5.04. The SMILES string of the molecule is CC(C)c1ccc2c(c1)OC1(O)C3=CCCC(N)=C3C(=O)C21NC(=O)C1CCCO1. The zero-order valence-electron chi connectivity index (χ0n) is 17.2. The van der Waals surface area contributed by atoms with Crippen LogP contribution in [-0.2, 0) is 19.9 Å². The van der Waals surface area contributed by atoms with Crippen LogP contribution >= 0.6 is 0 Å². The first-order chi connectivity index (χ1) is 14.3. The largest absolute Gasteiger partial charge is 0.454 e. The number of aliphatic hydroxyl groups is 1. The lowest BCUT2D eigenvalue weighted by molar-refractivity contribution is -0.162. The Hall–Kier alpha value is -2.64. The number of amides is 1. The highest BCUT2D eigenvalue weighted by Crippen LogP contribution is 2.59. The summed E-state index contributed by atoms with van der Waals surface area (Å²) in [7, 11) is 0. The number of nitrogens with one attached hydrogen (secondary N) is 1. The molecule has 3 atom stereocenters. The summed E-state index contributed by atoms with van der Waals surface area (Å²) in [6.07, 6.45) is 3.60. The molecule has 158 valence electrons. The molecular weight excluding hydrogens is 384 g/mol. The van der Waals surface area contributed by atoms with Crippen LogP contribution in [0.4, 0.5) is 0 Å². The van der Waals surface area contributed by atoms with Gasteiger partial charge in [-0.2, -0.15) is 0 Å². The van der Waals surface area contributed by atoms with Crippen LogP contribution in [0.1, 0.15) is 56.6 Å². The summed E-state index contributed by atoms with van der Waals surface area (Å²) >= 11 is 0. The van der Waals surface area contributed by atoms with E-state index in [0.717, 1.165) is 12.0 Å². The number of benzene rings is 1. The third kappa shape index (κ3) is 2.33. The quantitative estimate of drug-likeness (QED) is 0.702. The van der Waals surface area contributed by atoms with Crippen molar-refractivity contribution in [3.05, 3.63) is 52.2 Å². The first-order valence-electron chi connectivity index (χ1n) is 10.5. The molecule has 30 heavy (non-hydrogen) atoms. The highest BCUT2D eigenvalue weighted by atomic mass is 16.6. The van der Waals surface area contributed by atoms with E-state index in [2.05, 4.69) is 19.2 Å². The minimum atomic E-state index is -2.04. The van der Waals surface area contributed by atoms with E-state index in [0.29, 0.717) is 48.5 Å². The summed E-state index contributed by atoms with van der Waals surface area (Å²) in [6, 6.07) is 5.50. The Kier molecular flexibility index (Phi) is 4.14. The maximum Gasteiger partial charge on any atom is 0.270 e. The number of allylic oxidation sites excluding steroid dienone is 2. The number of hydrogen-bond acceptors (Lipinski definition) is 6. The fraction of sp³-hybridized carbons (Fsp3) is 0.478. The molecule has 3 unspecified atom stereocenters. The smallest absolute Gasteiger partial charge is 0.270 e. The summed E-state index contributed by atoms with van der Waals surface area (Å²) in [6.45, 7) is 4.60. The summed E-state index contributed by atoms with van der Waals surface area (Å²) in [5.74, 6) is -2.27. The number of carbonyl (C=O) groups is 2. The van der Waals surface area contributed by atoms with E-state index < -0.39 is 29.1 Å². The van der Waals surface area contributed by atoms with E-state index in [9.17, 15) is 14.7 Å². The molecule has 1 amide bonds. The van der Waals surface area contributed by atoms with Gasteiger partial charge in [-0.15, -0.1) is 0 Å². The summed E-state index contributed by atoms with van der Waals surface area (Å²) in [5.41, 5.74) is 6.87. The van der Waals surface area contributed by atoms with Crippen LogP contribution in [-0.4, -0.2) is 35.3 Å². The minimum absolute atomic E-state index is 0.238. The van der Waals surface area contributed by atoms with Gasteiger partial charge in [0.1, 0.15) is 11.9 Å². The van der Waals surface area contributed by atoms with Gasteiger partial charge < -0.3 is 25.6 Å². The Morgan fingerprint density at radius 3 is 2.87 bits per heavy atom. The van der Waals surface area contributed by atoms with Crippen molar-refractivity contribution in [1.29, 1.82) is 0 Å². The van der Waals surface area contributed by atoms with E-state index in [4.69, 9.17) is 15.2 Å². The number of hydrogen-bond donors (Lipinski definition) is 3. The second-order valence-electron chi connectivity index (χ2n) is 8.78. The molecule has 0 radical (unpaired) electrons. The predicted octanol–water partition coefficient (Wildman–Crippen LogP) is 1.90. The Balaban J connectivity index is 1.70. The van der Waals surface area contributed by atoms with Crippen molar-refractivity contribution >= 4 is 11.7 Å². The van der Waals surface area contributed by atoms with E-state index in [1.165, 1.54) is 0 Å². The average molecular weight is 410 g/mol. The van der Waals surface area contributed by atoms with Crippen molar-refractivity contribution in [1.82, 2.24) is 5.32 Å². The lowest BCUT2D eigenvalue weighted by Crippen LogP contribution is -2.63. The molecule has 1 aromatic carbocycles. The Labute approximate surface area is 174 Å². The van der Waals surface area contributed by atoms with Gasteiger partial charge in [0.2, 0.25) is 17.2 Å². The fourth-order valence-electron chi connectivity index (χ4n) is 5.04. The standard InChI is InChI=1S/C23H26N2O5/c1-12(2)13-8-9-14-18(11-13)30-23(28)15-5-3-6-16(24)19(15)20(26)22(14,23)25-21(27)17-7-4-10-29-17/h5,8-9,11-12,17,28H,3-4,6-7,10,24H2,1-2H3,(H,25,27). The minimum Gasteiger partial charge on any atom is -0.454 e. The lowest BCUT2D eigenvalue weighted by Gasteiger charge is -2.34. The molecule has 1 saturated carbocycles. The summed E-state index contributed by atoms with van der Waals surface area (Å²) in [4.78, 5) is 26.9. The van der Waals surface area contributed by atoms with Gasteiger partial charge in [-0.3, -0.25) is 9.59 Å². The molecule has 2 fully saturated rings. The van der Waals surface area contributed by atoms with E-state index in [-0.39, 0.29) is 11.5 Å². The van der Waals surface area contributed by atoms with E-state index in [1.807, 2.05) is 12.1 Å². The summed E-state index contributed by atoms with van der Waals surface area (Å²) < 4.78 is 11.6. The van der Waals surface area contributed by atoms with Gasteiger partial charge in [0, 0.05) is 29.0 Å². The summed E-state index contributed by atoms with van der Waals surface area (Å²) in [5, 5.41) is 14.7. The molecule has 2 aliphatic heterocycles. The number of ketones is 1. The third-order valence-electron chi connectivity index (χ3n) is 6.66. The van der Waals surface area contributed by atoms with Gasteiger partial charge in [-0.25, -0.2) is 0 Å². The molecule has 1 aromatic rings. The molecule has 4 aliphatic rings. The van der Waals surface area contributed by atoms with Crippen LogP contribution in [0.15, 0.2) is 41.1 Å². The van der Waals surface area contributed by atoms with Crippen LogP contribution < -0.4 is 15.8 Å². The molecule has 5 rings (SSSR count). The van der Waals surface area contributed by atoms with Gasteiger partial charge in [-0.05, 0) is 43.2 Å². The zero-order chi connectivity index (χ0) is 21.3. The van der Waals surface area contributed by atoms with Crippen LogP contribution in [0.25, 0.3) is 0 Å². The van der Waals surface area contributed by atoms with Crippen LogP contribution in [0.2, 0.25) is 0 Å². The number of ether oxygens (including phenoxy) is 2. The second kappa shape index (κ2) is 6.43. The lowest BCUT2D eigenvalue weighted by atomic mass is 9.82. The number of fused-ring (bicyclic) bond motifs is 5. The molecular formula is C23H26N2O5. The van der Waals surface area contributed by atoms with Crippen molar-refractivity contribution in [3.8, 4) is 5.75 Å². The first kappa shape index (κ1) is 19.3. The van der Waals surface area contributed by atoms with Gasteiger partial charge >= 0.3 is 0 Å². The maximum atomic E-state index is 13.8. The number of rotatable bonds is 3. The van der Waals surface area contributed by atoms with Gasteiger partial charge in [-0.1, -0.05) is 32.1 Å². The Morgan fingerprint density at radius 1 is 1.37 bits per heavy atom. The van der Waals surface area contributed by atoms with Gasteiger partial charge in [0.25, 0.3) is 5.79 Å². The van der Waals surface area contributed by atoms with Gasteiger partial charge in [0.05, 0.1) is 0 Å². The van der Waals surface area contributed by atoms with Crippen molar-refractivity contribution in [2.75, 3.05) is 6.61 Å². The second-order valence-corrected chi connectivity index (χ2v) is 8.78. The highest BCUT2D eigenvalue weighted by molar-refractivity contribution is 6.15. The van der Waals surface area contributed by atoms with Crippen molar-refractivity contribution in [2.24, 2.45) is 5.73 Å². The number of carbonyl (C=O) groups excluding carboxylic acids is 2. The molecule has 2 heterocycles.